The first-order valence-corrected chi connectivity index (χ1v) is 8.96. The highest BCUT2D eigenvalue weighted by Gasteiger charge is 2.27. The van der Waals surface area contributed by atoms with Crippen LogP contribution in [0.5, 0.6) is 0 Å². The highest BCUT2D eigenvalue weighted by Crippen LogP contribution is 2.18. The van der Waals surface area contributed by atoms with E-state index in [-0.39, 0.29) is 37.5 Å². The monoisotopic (exact) mass is 378 g/mol. The van der Waals surface area contributed by atoms with Crippen molar-refractivity contribution in [2.45, 2.75) is 38.0 Å². The van der Waals surface area contributed by atoms with Gasteiger partial charge in [-0.05, 0) is 18.9 Å². The third-order valence-corrected chi connectivity index (χ3v) is 4.13. The van der Waals surface area contributed by atoms with E-state index in [1.807, 2.05) is 6.07 Å². The van der Waals surface area contributed by atoms with E-state index in [1.54, 1.807) is 37.3 Å². The number of aliphatic hydroxyl groups excluding tert-OH is 2. The second-order valence-electron chi connectivity index (χ2n) is 6.50. The fourth-order valence-electron chi connectivity index (χ4n) is 2.66. The summed E-state index contributed by atoms with van der Waals surface area (Å²) in [6.07, 6.45) is 0.908. The summed E-state index contributed by atoms with van der Waals surface area (Å²) >= 11 is 0. The van der Waals surface area contributed by atoms with Crippen LogP contribution in [0.4, 0.5) is 0 Å². The summed E-state index contributed by atoms with van der Waals surface area (Å²) in [6.45, 7) is 5.26. The van der Waals surface area contributed by atoms with Crippen molar-refractivity contribution in [2.24, 2.45) is 5.92 Å². The van der Waals surface area contributed by atoms with Crippen LogP contribution in [0.3, 0.4) is 0 Å². The molecule has 0 aliphatic carbocycles. The van der Waals surface area contributed by atoms with Crippen LogP contribution in [-0.4, -0.2) is 54.4 Å². The SMILES string of the molecule is C=CC[C@H](CC(=O)N[C@H](C)CO)C(=O)N[C@@H](COC)[C@@H](O)c1ccccc1. The van der Waals surface area contributed by atoms with Crippen LogP contribution >= 0.6 is 0 Å². The molecule has 150 valence electrons. The Hall–Kier alpha value is -2.22. The molecule has 0 saturated carbocycles. The first-order valence-electron chi connectivity index (χ1n) is 8.96. The van der Waals surface area contributed by atoms with Crippen LogP contribution in [-0.2, 0) is 14.3 Å². The Kier molecular flexibility index (Phi) is 10.3. The molecule has 0 aliphatic rings. The van der Waals surface area contributed by atoms with Crippen molar-refractivity contribution >= 4 is 11.8 Å². The Bertz CT molecular complexity index is 593. The Labute approximate surface area is 160 Å². The topological polar surface area (TPSA) is 108 Å². The van der Waals surface area contributed by atoms with Crippen LogP contribution in [0.1, 0.15) is 31.4 Å². The van der Waals surface area contributed by atoms with Gasteiger partial charge in [0.15, 0.2) is 0 Å². The number of carbonyl (C=O) groups excluding carboxylic acids is 2. The Balaban J connectivity index is 2.80. The van der Waals surface area contributed by atoms with Crippen LogP contribution < -0.4 is 10.6 Å². The number of methoxy groups -OCH3 is 1. The lowest BCUT2D eigenvalue weighted by atomic mass is 9.97. The number of hydrogen-bond acceptors (Lipinski definition) is 5. The quantitative estimate of drug-likeness (QED) is 0.405. The van der Waals surface area contributed by atoms with Crippen molar-refractivity contribution in [1.82, 2.24) is 10.6 Å². The van der Waals surface area contributed by atoms with Crippen molar-refractivity contribution in [2.75, 3.05) is 20.3 Å². The molecule has 0 bridgehead atoms. The lowest BCUT2D eigenvalue weighted by molar-refractivity contribution is -0.132. The summed E-state index contributed by atoms with van der Waals surface area (Å²) in [7, 11) is 1.49. The molecule has 27 heavy (non-hydrogen) atoms. The van der Waals surface area contributed by atoms with Crippen molar-refractivity contribution in [1.29, 1.82) is 0 Å². The fourth-order valence-corrected chi connectivity index (χ4v) is 2.66. The predicted molar refractivity (Wildman–Crippen MR) is 103 cm³/mol. The average molecular weight is 378 g/mol. The maximum atomic E-state index is 12.7. The van der Waals surface area contributed by atoms with Gasteiger partial charge >= 0.3 is 0 Å². The first-order chi connectivity index (χ1) is 12.9. The summed E-state index contributed by atoms with van der Waals surface area (Å²) in [6, 6.07) is 7.94. The van der Waals surface area contributed by atoms with Gasteiger partial charge in [-0.3, -0.25) is 9.59 Å². The largest absolute Gasteiger partial charge is 0.394 e. The van der Waals surface area contributed by atoms with Crippen LogP contribution in [0.25, 0.3) is 0 Å². The predicted octanol–water partition coefficient (Wildman–Crippen LogP) is 0.931. The number of ether oxygens (including phenoxy) is 1. The maximum absolute atomic E-state index is 12.7. The lowest BCUT2D eigenvalue weighted by Gasteiger charge is -2.26. The van der Waals surface area contributed by atoms with Crippen molar-refractivity contribution in [3.8, 4) is 0 Å². The van der Waals surface area contributed by atoms with Gasteiger partial charge in [0.05, 0.1) is 25.2 Å². The van der Waals surface area contributed by atoms with Crippen LogP contribution in [0.15, 0.2) is 43.0 Å². The second kappa shape index (κ2) is 12.2. The van der Waals surface area contributed by atoms with Crippen molar-refractivity contribution in [3.63, 3.8) is 0 Å². The van der Waals surface area contributed by atoms with Gasteiger partial charge in [0, 0.05) is 19.6 Å². The lowest BCUT2D eigenvalue weighted by Crippen LogP contribution is -2.46. The molecule has 1 rings (SSSR count). The molecule has 1 aromatic carbocycles. The minimum Gasteiger partial charge on any atom is -0.394 e. The summed E-state index contributed by atoms with van der Waals surface area (Å²) in [5.41, 5.74) is 0.662. The molecular formula is C20H30N2O5. The Morgan fingerprint density at radius 1 is 1.26 bits per heavy atom. The Morgan fingerprint density at radius 2 is 1.93 bits per heavy atom. The molecule has 0 heterocycles. The number of aliphatic hydroxyl groups is 2. The molecule has 1 aromatic rings. The van der Waals surface area contributed by atoms with E-state index < -0.39 is 18.1 Å². The molecule has 0 fully saturated rings. The number of amides is 2. The zero-order chi connectivity index (χ0) is 20.2. The first kappa shape index (κ1) is 22.8. The number of nitrogens with one attached hydrogen (secondary N) is 2. The molecule has 0 aliphatic heterocycles. The molecule has 7 heteroatoms. The molecule has 0 spiro atoms. The number of benzene rings is 1. The normalized spacial score (nSPS) is 15.3. The van der Waals surface area contributed by atoms with Crippen molar-refractivity contribution in [3.05, 3.63) is 48.6 Å². The minimum absolute atomic E-state index is 0.0384. The van der Waals surface area contributed by atoms with E-state index in [4.69, 9.17) is 9.84 Å². The van der Waals surface area contributed by atoms with Gasteiger partial charge < -0.3 is 25.6 Å². The zero-order valence-electron chi connectivity index (χ0n) is 15.9. The van der Waals surface area contributed by atoms with Gasteiger partial charge in [-0.15, -0.1) is 6.58 Å². The second-order valence-corrected chi connectivity index (χ2v) is 6.50. The number of allylic oxidation sites excluding steroid dienone is 1. The number of hydrogen-bond donors (Lipinski definition) is 4. The standard InChI is InChI=1S/C20H30N2O5/c1-4-8-16(11-18(24)21-14(2)12-23)20(26)22-17(13-27-3)19(25)15-9-6-5-7-10-15/h4-7,9-10,14,16-17,19,23,25H,1,8,11-13H2,2-3H3,(H,21,24)(H,22,26)/t14-,16-,17+,19+/m1/s1. The molecule has 7 nitrogen and oxygen atoms in total. The smallest absolute Gasteiger partial charge is 0.224 e. The third kappa shape index (κ3) is 7.90. The minimum atomic E-state index is -0.942. The molecular weight excluding hydrogens is 348 g/mol. The highest BCUT2D eigenvalue weighted by molar-refractivity contribution is 5.86. The van der Waals surface area contributed by atoms with E-state index in [2.05, 4.69) is 17.2 Å². The molecule has 4 atom stereocenters. The highest BCUT2D eigenvalue weighted by atomic mass is 16.5. The molecule has 0 unspecified atom stereocenters. The van der Waals surface area contributed by atoms with E-state index >= 15 is 0 Å². The summed E-state index contributed by atoms with van der Waals surface area (Å²) < 4.78 is 5.13. The zero-order valence-corrected chi connectivity index (χ0v) is 15.9. The molecule has 0 saturated heterocycles. The molecule has 0 radical (unpaired) electrons. The summed E-state index contributed by atoms with van der Waals surface area (Å²) in [5.74, 6) is -1.32. The van der Waals surface area contributed by atoms with Crippen molar-refractivity contribution < 1.29 is 24.5 Å². The van der Waals surface area contributed by atoms with Gasteiger partial charge in [0.2, 0.25) is 11.8 Å². The number of rotatable bonds is 12. The van der Waals surface area contributed by atoms with E-state index in [9.17, 15) is 14.7 Å². The van der Waals surface area contributed by atoms with E-state index in [0.29, 0.717) is 12.0 Å². The molecule has 0 aromatic heterocycles. The molecule has 2 amide bonds. The fraction of sp³-hybridized carbons (Fsp3) is 0.500. The third-order valence-electron chi connectivity index (χ3n) is 4.13. The van der Waals surface area contributed by atoms with E-state index in [1.165, 1.54) is 7.11 Å². The van der Waals surface area contributed by atoms with Gasteiger partial charge in [0.1, 0.15) is 6.10 Å². The van der Waals surface area contributed by atoms with Gasteiger partial charge in [-0.1, -0.05) is 36.4 Å². The summed E-state index contributed by atoms with van der Waals surface area (Å²) in [4.78, 5) is 24.7. The van der Waals surface area contributed by atoms with E-state index in [0.717, 1.165) is 0 Å². The number of carbonyl (C=O) groups is 2. The Morgan fingerprint density at radius 3 is 2.48 bits per heavy atom. The summed E-state index contributed by atoms with van der Waals surface area (Å²) in [5, 5.41) is 25.0. The van der Waals surface area contributed by atoms with Gasteiger partial charge in [-0.2, -0.15) is 0 Å². The van der Waals surface area contributed by atoms with Gasteiger partial charge in [0.25, 0.3) is 0 Å². The average Bonchev–Trinajstić information content (AvgIpc) is 2.67. The van der Waals surface area contributed by atoms with Crippen LogP contribution in [0.2, 0.25) is 0 Å². The molecule has 4 N–H and O–H groups in total. The van der Waals surface area contributed by atoms with Gasteiger partial charge in [-0.25, -0.2) is 0 Å². The van der Waals surface area contributed by atoms with Crippen LogP contribution in [0, 0.1) is 5.92 Å². The maximum Gasteiger partial charge on any atom is 0.224 e.